The van der Waals surface area contributed by atoms with E-state index in [2.05, 4.69) is 11.2 Å². The number of aryl methyl sites for hydroxylation is 3. The zero-order valence-electron chi connectivity index (χ0n) is 15.0. The maximum absolute atomic E-state index is 12.1. The summed E-state index contributed by atoms with van der Waals surface area (Å²) in [5.41, 5.74) is 4.36. The number of benzene rings is 2. The average molecular weight is 345 g/mol. The Morgan fingerprint density at radius 3 is 2.50 bits per heavy atom. The van der Waals surface area contributed by atoms with Gasteiger partial charge in [-0.2, -0.15) is 5.26 Å². The Balaban J connectivity index is 1.91. The van der Waals surface area contributed by atoms with Gasteiger partial charge < -0.3 is 4.74 Å². The second-order valence-corrected chi connectivity index (χ2v) is 6.31. The number of nitrogens with zero attached hydrogens (tertiary/aromatic N) is 3. The number of rotatable bonds is 4. The molecule has 3 aromatic rings. The molecule has 0 fully saturated rings. The lowest BCUT2D eigenvalue weighted by Gasteiger charge is -2.13. The summed E-state index contributed by atoms with van der Waals surface area (Å²) >= 11 is 0. The van der Waals surface area contributed by atoms with Crippen molar-refractivity contribution in [1.82, 2.24) is 9.78 Å². The van der Waals surface area contributed by atoms with E-state index < -0.39 is 0 Å². The molecule has 0 bridgehead atoms. The van der Waals surface area contributed by atoms with Crippen LogP contribution in [0.1, 0.15) is 27.8 Å². The summed E-state index contributed by atoms with van der Waals surface area (Å²) in [6.45, 7) is 6.28. The van der Waals surface area contributed by atoms with E-state index in [9.17, 15) is 4.79 Å². The van der Waals surface area contributed by atoms with Gasteiger partial charge in [-0.1, -0.05) is 29.8 Å². The fourth-order valence-corrected chi connectivity index (χ4v) is 2.94. The predicted molar refractivity (Wildman–Crippen MR) is 99.5 cm³/mol. The van der Waals surface area contributed by atoms with Gasteiger partial charge >= 0.3 is 0 Å². The summed E-state index contributed by atoms with van der Waals surface area (Å²) in [7, 11) is 0. The molecule has 0 spiro atoms. The van der Waals surface area contributed by atoms with Crippen molar-refractivity contribution >= 4 is 0 Å². The number of nitriles is 1. The summed E-state index contributed by atoms with van der Waals surface area (Å²) in [6.07, 6.45) is 0. The molecule has 0 amide bonds. The molecule has 0 N–H and O–H groups in total. The number of hydrogen-bond acceptors (Lipinski definition) is 4. The maximum atomic E-state index is 12.1. The summed E-state index contributed by atoms with van der Waals surface area (Å²) in [6, 6.07) is 16.3. The molecule has 2 aromatic carbocycles. The molecule has 1 heterocycles. The van der Waals surface area contributed by atoms with E-state index in [-0.39, 0.29) is 12.1 Å². The molecule has 0 saturated heterocycles. The van der Waals surface area contributed by atoms with Gasteiger partial charge in [0.15, 0.2) is 0 Å². The first kappa shape index (κ1) is 17.4. The van der Waals surface area contributed by atoms with Crippen molar-refractivity contribution in [2.75, 3.05) is 0 Å². The van der Waals surface area contributed by atoms with Crippen molar-refractivity contribution in [3.05, 3.63) is 86.7 Å². The van der Waals surface area contributed by atoms with Crippen molar-refractivity contribution < 1.29 is 4.74 Å². The highest BCUT2D eigenvalue weighted by molar-refractivity contribution is 5.44. The van der Waals surface area contributed by atoms with Crippen molar-refractivity contribution in [3.8, 4) is 17.7 Å². The standard InChI is InChI=1S/C21H19N3O2/c1-14-9-15(2)21(16(3)10-14)26-19-7-8-20(25)24(23-19)13-18-6-4-5-17(11-18)12-22/h4-11H,13H2,1-3H3. The molecule has 0 aliphatic heterocycles. The third-order valence-electron chi connectivity index (χ3n) is 4.04. The molecule has 0 aliphatic rings. The van der Waals surface area contributed by atoms with Crippen LogP contribution in [0.5, 0.6) is 11.6 Å². The van der Waals surface area contributed by atoms with E-state index in [0.29, 0.717) is 11.4 Å². The van der Waals surface area contributed by atoms with Crippen LogP contribution in [0.4, 0.5) is 0 Å². The second-order valence-electron chi connectivity index (χ2n) is 6.31. The highest BCUT2D eigenvalue weighted by atomic mass is 16.5. The molecular weight excluding hydrogens is 326 g/mol. The lowest BCUT2D eigenvalue weighted by molar-refractivity contribution is 0.429. The van der Waals surface area contributed by atoms with Crippen molar-refractivity contribution in [2.45, 2.75) is 27.3 Å². The Hall–Kier alpha value is -3.39. The summed E-state index contributed by atoms with van der Waals surface area (Å²) in [5, 5.41) is 13.3. The molecule has 0 aliphatic carbocycles. The average Bonchev–Trinajstić information content (AvgIpc) is 2.61. The molecular formula is C21H19N3O2. The Morgan fingerprint density at radius 2 is 1.81 bits per heavy atom. The Kier molecular flexibility index (Phi) is 4.85. The van der Waals surface area contributed by atoms with E-state index in [0.717, 1.165) is 22.4 Å². The van der Waals surface area contributed by atoms with E-state index in [1.54, 1.807) is 24.3 Å². The minimum Gasteiger partial charge on any atom is -0.437 e. The monoisotopic (exact) mass is 345 g/mol. The minimum atomic E-state index is -0.225. The summed E-state index contributed by atoms with van der Waals surface area (Å²) in [5.74, 6) is 1.11. The molecule has 26 heavy (non-hydrogen) atoms. The van der Waals surface area contributed by atoms with E-state index in [1.807, 2.05) is 39.0 Å². The largest absolute Gasteiger partial charge is 0.437 e. The third kappa shape index (κ3) is 3.81. The van der Waals surface area contributed by atoms with Gasteiger partial charge in [-0.25, -0.2) is 4.68 Å². The van der Waals surface area contributed by atoms with Crippen LogP contribution in [0.25, 0.3) is 0 Å². The number of ether oxygens (including phenoxy) is 1. The normalized spacial score (nSPS) is 10.4. The minimum absolute atomic E-state index is 0.225. The molecule has 1 aromatic heterocycles. The fourth-order valence-electron chi connectivity index (χ4n) is 2.94. The van der Waals surface area contributed by atoms with Crippen LogP contribution in [-0.4, -0.2) is 9.78 Å². The molecule has 0 unspecified atom stereocenters. The van der Waals surface area contributed by atoms with Crippen LogP contribution in [0.3, 0.4) is 0 Å². The Labute approximate surface area is 152 Å². The van der Waals surface area contributed by atoms with E-state index >= 15 is 0 Å². The number of hydrogen-bond donors (Lipinski definition) is 0. The molecule has 5 heteroatoms. The van der Waals surface area contributed by atoms with Gasteiger partial charge in [0.2, 0.25) is 5.88 Å². The van der Waals surface area contributed by atoms with Crippen molar-refractivity contribution in [3.63, 3.8) is 0 Å². The summed E-state index contributed by atoms with van der Waals surface area (Å²) < 4.78 is 7.29. The predicted octanol–water partition coefficient (Wildman–Crippen LogP) is 3.88. The van der Waals surface area contributed by atoms with Crippen LogP contribution in [0, 0.1) is 32.1 Å². The summed E-state index contributed by atoms with van der Waals surface area (Å²) in [4.78, 5) is 12.1. The highest BCUT2D eigenvalue weighted by Crippen LogP contribution is 2.28. The second kappa shape index (κ2) is 7.24. The molecule has 130 valence electrons. The van der Waals surface area contributed by atoms with Crippen LogP contribution in [-0.2, 0) is 6.54 Å². The van der Waals surface area contributed by atoms with Gasteiger partial charge in [0.05, 0.1) is 18.2 Å². The Morgan fingerprint density at radius 1 is 1.08 bits per heavy atom. The first-order valence-corrected chi connectivity index (χ1v) is 8.29. The lowest BCUT2D eigenvalue weighted by Crippen LogP contribution is -2.22. The van der Waals surface area contributed by atoms with Crippen molar-refractivity contribution in [2.24, 2.45) is 0 Å². The van der Waals surface area contributed by atoms with Crippen LogP contribution < -0.4 is 10.3 Å². The fraction of sp³-hybridized carbons (Fsp3) is 0.190. The molecule has 0 atom stereocenters. The van der Waals surface area contributed by atoms with Crippen LogP contribution >= 0.6 is 0 Å². The first-order chi connectivity index (χ1) is 12.5. The van der Waals surface area contributed by atoms with E-state index in [4.69, 9.17) is 10.00 Å². The number of aromatic nitrogens is 2. The lowest BCUT2D eigenvalue weighted by atomic mass is 10.1. The molecule has 0 saturated carbocycles. The SMILES string of the molecule is Cc1cc(C)c(Oc2ccc(=O)n(Cc3cccc(C#N)c3)n2)c(C)c1. The van der Waals surface area contributed by atoms with Gasteiger partial charge in [-0.05, 0) is 49.6 Å². The van der Waals surface area contributed by atoms with Gasteiger partial charge in [0, 0.05) is 12.1 Å². The quantitative estimate of drug-likeness (QED) is 0.719. The van der Waals surface area contributed by atoms with Gasteiger partial charge in [0.25, 0.3) is 5.56 Å². The Bertz CT molecular complexity index is 1040. The van der Waals surface area contributed by atoms with Crippen LogP contribution in [0.15, 0.2) is 53.3 Å². The zero-order chi connectivity index (χ0) is 18.7. The zero-order valence-corrected chi connectivity index (χ0v) is 15.0. The van der Waals surface area contributed by atoms with Crippen LogP contribution in [0.2, 0.25) is 0 Å². The maximum Gasteiger partial charge on any atom is 0.267 e. The van der Waals surface area contributed by atoms with Gasteiger partial charge in [0.1, 0.15) is 5.75 Å². The van der Waals surface area contributed by atoms with E-state index in [1.165, 1.54) is 16.3 Å². The smallest absolute Gasteiger partial charge is 0.267 e. The first-order valence-electron chi connectivity index (χ1n) is 8.29. The topological polar surface area (TPSA) is 67.9 Å². The van der Waals surface area contributed by atoms with Gasteiger partial charge in [-0.15, -0.1) is 5.10 Å². The molecule has 0 radical (unpaired) electrons. The molecule has 3 rings (SSSR count). The third-order valence-corrected chi connectivity index (χ3v) is 4.04. The van der Waals surface area contributed by atoms with Crippen molar-refractivity contribution in [1.29, 1.82) is 5.26 Å². The molecule has 5 nitrogen and oxygen atoms in total. The highest BCUT2D eigenvalue weighted by Gasteiger charge is 2.09. The van der Waals surface area contributed by atoms with Gasteiger partial charge in [-0.3, -0.25) is 4.79 Å².